The highest BCUT2D eigenvalue weighted by molar-refractivity contribution is 6.02. The van der Waals surface area contributed by atoms with Crippen molar-refractivity contribution in [2.45, 2.75) is 45.1 Å². The number of aryl methyl sites for hydroxylation is 1. The van der Waals surface area contributed by atoms with Crippen LogP contribution < -0.4 is 0 Å². The van der Waals surface area contributed by atoms with Crippen molar-refractivity contribution in [3.8, 4) is 0 Å². The van der Waals surface area contributed by atoms with Gasteiger partial charge in [-0.3, -0.25) is 9.48 Å². The quantitative estimate of drug-likeness (QED) is 0.771. The van der Waals surface area contributed by atoms with Gasteiger partial charge in [0.1, 0.15) is 5.60 Å². The van der Waals surface area contributed by atoms with Crippen LogP contribution >= 0.6 is 0 Å². The average molecular weight is 250 g/mol. The first-order valence-electron chi connectivity index (χ1n) is 6.75. The molecule has 2 atom stereocenters. The summed E-state index contributed by atoms with van der Waals surface area (Å²) in [5.74, 6) is 0.648. The zero-order valence-corrected chi connectivity index (χ0v) is 11.5. The van der Waals surface area contributed by atoms with Crippen molar-refractivity contribution in [1.82, 2.24) is 9.78 Å². The maximum atomic E-state index is 12.7. The zero-order valence-electron chi connectivity index (χ0n) is 11.5. The van der Waals surface area contributed by atoms with E-state index in [4.69, 9.17) is 4.74 Å². The summed E-state index contributed by atoms with van der Waals surface area (Å²) >= 11 is 0. The van der Waals surface area contributed by atoms with Crippen molar-refractivity contribution in [2.75, 3.05) is 6.61 Å². The topological polar surface area (TPSA) is 44.1 Å². The van der Waals surface area contributed by atoms with E-state index in [1.165, 1.54) is 6.42 Å². The Hall–Kier alpha value is -1.16. The molecule has 0 aliphatic heterocycles. The van der Waals surface area contributed by atoms with Crippen LogP contribution in [0.2, 0.25) is 0 Å². The molecule has 1 aliphatic carbocycles. The molecule has 1 aromatic heterocycles. The molecule has 0 spiro atoms. The van der Waals surface area contributed by atoms with Crippen molar-refractivity contribution in [2.24, 2.45) is 13.0 Å². The van der Waals surface area contributed by atoms with E-state index in [0.717, 1.165) is 19.3 Å². The van der Waals surface area contributed by atoms with Crippen molar-refractivity contribution < 1.29 is 9.53 Å². The first-order valence-corrected chi connectivity index (χ1v) is 6.75. The van der Waals surface area contributed by atoms with Gasteiger partial charge in [-0.1, -0.05) is 13.3 Å². The molecule has 2 unspecified atom stereocenters. The summed E-state index contributed by atoms with van der Waals surface area (Å²) in [6.07, 6.45) is 7.33. The molecule has 0 saturated heterocycles. The fourth-order valence-electron chi connectivity index (χ4n) is 2.98. The van der Waals surface area contributed by atoms with Gasteiger partial charge in [0.2, 0.25) is 0 Å². The van der Waals surface area contributed by atoms with Gasteiger partial charge >= 0.3 is 0 Å². The number of carbonyl (C=O) groups is 1. The summed E-state index contributed by atoms with van der Waals surface area (Å²) in [6, 6.07) is 0. The highest BCUT2D eigenvalue weighted by Crippen LogP contribution is 2.37. The molecule has 1 heterocycles. The highest BCUT2D eigenvalue weighted by Gasteiger charge is 2.43. The third kappa shape index (κ3) is 2.48. The fourth-order valence-corrected chi connectivity index (χ4v) is 2.98. The number of carbonyl (C=O) groups excluding carboxylic acids is 1. The van der Waals surface area contributed by atoms with Crippen LogP contribution in [0.1, 0.15) is 49.9 Å². The number of nitrogens with zero attached hydrogens (tertiary/aromatic N) is 2. The molecule has 4 nitrogen and oxygen atoms in total. The van der Waals surface area contributed by atoms with E-state index in [1.54, 1.807) is 17.1 Å². The Morgan fingerprint density at radius 1 is 1.67 bits per heavy atom. The predicted molar refractivity (Wildman–Crippen MR) is 69.5 cm³/mol. The molecule has 0 radical (unpaired) electrons. The molecule has 0 amide bonds. The van der Waals surface area contributed by atoms with Gasteiger partial charge in [-0.05, 0) is 32.1 Å². The first-order chi connectivity index (χ1) is 8.57. The van der Waals surface area contributed by atoms with Gasteiger partial charge in [0.15, 0.2) is 5.78 Å². The summed E-state index contributed by atoms with van der Waals surface area (Å²) in [4.78, 5) is 12.7. The van der Waals surface area contributed by atoms with Gasteiger partial charge in [-0.25, -0.2) is 0 Å². The Morgan fingerprint density at radius 2 is 2.44 bits per heavy atom. The molecule has 100 valence electrons. The molecule has 0 bridgehead atoms. The van der Waals surface area contributed by atoms with Crippen LogP contribution in [-0.2, 0) is 11.8 Å². The van der Waals surface area contributed by atoms with Crippen LogP contribution in [0.25, 0.3) is 0 Å². The van der Waals surface area contributed by atoms with Crippen LogP contribution in [0.5, 0.6) is 0 Å². The lowest BCUT2D eigenvalue weighted by Gasteiger charge is -2.38. The van der Waals surface area contributed by atoms with Gasteiger partial charge in [0.05, 0.1) is 11.8 Å². The maximum Gasteiger partial charge on any atom is 0.197 e. The molecule has 2 rings (SSSR count). The Kier molecular flexibility index (Phi) is 3.85. The van der Waals surface area contributed by atoms with E-state index < -0.39 is 5.60 Å². The second kappa shape index (κ2) is 5.22. The summed E-state index contributed by atoms with van der Waals surface area (Å²) in [5.41, 5.74) is 0.0511. The molecule has 1 aliphatic rings. The van der Waals surface area contributed by atoms with Crippen molar-refractivity contribution in [3.63, 3.8) is 0 Å². The van der Waals surface area contributed by atoms with E-state index in [2.05, 4.69) is 12.0 Å². The Balaban J connectivity index is 2.26. The van der Waals surface area contributed by atoms with Gasteiger partial charge in [0, 0.05) is 19.9 Å². The predicted octanol–water partition coefficient (Wildman–Crippen LogP) is 2.59. The number of ketones is 1. The third-order valence-corrected chi connectivity index (χ3v) is 3.76. The van der Waals surface area contributed by atoms with E-state index in [-0.39, 0.29) is 5.78 Å². The number of rotatable bonds is 4. The summed E-state index contributed by atoms with van der Waals surface area (Å²) < 4.78 is 7.55. The number of Topliss-reactive ketones (excluding diaryl/α,β-unsaturated/α-hetero) is 1. The molecule has 0 aromatic carbocycles. The average Bonchev–Trinajstić information content (AvgIpc) is 2.75. The molecule has 4 heteroatoms. The van der Waals surface area contributed by atoms with Crippen molar-refractivity contribution in [1.29, 1.82) is 0 Å². The minimum Gasteiger partial charge on any atom is -0.367 e. The minimum absolute atomic E-state index is 0.101. The minimum atomic E-state index is -0.616. The summed E-state index contributed by atoms with van der Waals surface area (Å²) in [6.45, 7) is 4.74. The number of aromatic nitrogens is 2. The van der Waals surface area contributed by atoms with E-state index in [0.29, 0.717) is 18.1 Å². The summed E-state index contributed by atoms with van der Waals surface area (Å²) in [5, 5.41) is 4.08. The fraction of sp³-hybridized carbons (Fsp3) is 0.714. The lowest BCUT2D eigenvalue weighted by Crippen LogP contribution is -2.45. The molecule has 1 fully saturated rings. The SMILES string of the molecule is CCOC1(C(=O)c2cnn(C)c2)CCCC(C)C1. The van der Waals surface area contributed by atoms with Crippen LogP contribution in [0.15, 0.2) is 12.4 Å². The van der Waals surface area contributed by atoms with E-state index in [9.17, 15) is 4.79 Å². The van der Waals surface area contributed by atoms with Gasteiger partial charge < -0.3 is 4.74 Å². The normalized spacial score (nSPS) is 28.3. The lowest BCUT2D eigenvalue weighted by atomic mass is 9.75. The molecular formula is C14H22N2O2. The Labute approximate surface area is 108 Å². The van der Waals surface area contributed by atoms with Crippen LogP contribution in [0.3, 0.4) is 0 Å². The van der Waals surface area contributed by atoms with Crippen LogP contribution in [0, 0.1) is 5.92 Å². The van der Waals surface area contributed by atoms with Gasteiger partial charge in [-0.15, -0.1) is 0 Å². The standard InChI is InChI=1S/C14H22N2O2/c1-4-18-14(7-5-6-11(2)8-14)13(17)12-9-15-16(3)10-12/h9-11H,4-8H2,1-3H3. The number of hydrogen-bond donors (Lipinski definition) is 0. The molecule has 0 N–H and O–H groups in total. The van der Waals surface area contributed by atoms with Crippen molar-refractivity contribution >= 4 is 5.78 Å². The van der Waals surface area contributed by atoms with Gasteiger partial charge in [0.25, 0.3) is 0 Å². The lowest BCUT2D eigenvalue weighted by molar-refractivity contribution is -0.0511. The maximum absolute atomic E-state index is 12.7. The number of ether oxygens (including phenoxy) is 1. The van der Waals surface area contributed by atoms with Crippen LogP contribution in [0.4, 0.5) is 0 Å². The zero-order chi connectivity index (χ0) is 13.2. The molecule has 18 heavy (non-hydrogen) atoms. The highest BCUT2D eigenvalue weighted by atomic mass is 16.5. The number of hydrogen-bond acceptors (Lipinski definition) is 3. The summed E-state index contributed by atoms with van der Waals surface area (Å²) in [7, 11) is 1.83. The van der Waals surface area contributed by atoms with Crippen LogP contribution in [-0.4, -0.2) is 27.8 Å². The monoisotopic (exact) mass is 250 g/mol. The van der Waals surface area contributed by atoms with E-state index >= 15 is 0 Å². The second-order valence-corrected chi connectivity index (χ2v) is 5.36. The largest absolute Gasteiger partial charge is 0.367 e. The second-order valence-electron chi connectivity index (χ2n) is 5.36. The third-order valence-electron chi connectivity index (χ3n) is 3.76. The Morgan fingerprint density at radius 3 is 3.00 bits per heavy atom. The molecule has 1 saturated carbocycles. The molecule has 1 aromatic rings. The first kappa shape index (κ1) is 13.3. The smallest absolute Gasteiger partial charge is 0.197 e. The Bertz CT molecular complexity index is 423. The van der Waals surface area contributed by atoms with Gasteiger partial charge in [-0.2, -0.15) is 5.10 Å². The van der Waals surface area contributed by atoms with Crippen molar-refractivity contribution in [3.05, 3.63) is 18.0 Å². The van der Waals surface area contributed by atoms with E-state index in [1.807, 2.05) is 14.0 Å². The molecular weight excluding hydrogens is 228 g/mol.